The van der Waals surface area contributed by atoms with Crippen LogP contribution in [-0.2, 0) is 0 Å². The van der Waals surface area contributed by atoms with Crippen LogP contribution in [0.1, 0.15) is 5.56 Å². The highest BCUT2D eigenvalue weighted by atomic mass is 19.1. The molecule has 0 bridgehead atoms. The van der Waals surface area contributed by atoms with E-state index in [1.54, 1.807) is 18.2 Å². The number of hydrogen-bond acceptors (Lipinski definition) is 1. The van der Waals surface area contributed by atoms with Crippen LogP contribution in [0.25, 0.3) is 5.57 Å². The Morgan fingerprint density at radius 1 is 1.12 bits per heavy atom. The maximum Gasteiger partial charge on any atom is 0.315 e. The SMILES string of the molecule is O=C1NC2C=CC(c3ccccc3F)=CC2N1. The number of allylic oxidation sites excluding steroid dienone is 2. The molecule has 2 unspecified atom stereocenters. The predicted octanol–water partition coefficient (Wildman–Crippen LogP) is 1.83. The van der Waals surface area contributed by atoms with E-state index in [2.05, 4.69) is 10.6 Å². The molecule has 2 amide bonds. The highest BCUT2D eigenvalue weighted by molar-refractivity contribution is 5.83. The van der Waals surface area contributed by atoms with Gasteiger partial charge < -0.3 is 10.6 Å². The van der Waals surface area contributed by atoms with E-state index < -0.39 is 0 Å². The Labute approximate surface area is 98.0 Å². The van der Waals surface area contributed by atoms with Gasteiger partial charge in [-0.15, -0.1) is 0 Å². The molecule has 2 atom stereocenters. The first kappa shape index (κ1) is 10.1. The molecule has 0 aromatic heterocycles. The number of nitrogens with one attached hydrogen (secondary N) is 2. The Morgan fingerprint density at radius 3 is 2.71 bits per heavy atom. The molecule has 2 N–H and O–H groups in total. The molecule has 3 nitrogen and oxygen atoms in total. The zero-order valence-corrected chi connectivity index (χ0v) is 8.98. The van der Waals surface area contributed by atoms with E-state index in [0.717, 1.165) is 5.57 Å². The molecule has 17 heavy (non-hydrogen) atoms. The molecule has 2 aliphatic rings. The summed E-state index contributed by atoms with van der Waals surface area (Å²) in [5.74, 6) is -0.251. The quantitative estimate of drug-likeness (QED) is 0.759. The Balaban J connectivity index is 1.96. The number of carbonyl (C=O) groups is 1. The summed E-state index contributed by atoms with van der Waals surface area (Å²) in [4.78, 5) is 11.2. The van der Waals surface area contributed by atoms with Crippen LogP contribution in [0.5, 0.6) is 0 Å². The molecule has 0 spiro atoms. The summed E-state index contributed by atoms with van der Waals surface area (Å²) in [6.45, 7) is 0. The summed E-state index contributed by atoms with van der Waals surface area (Å²) in [6, 6.07) is 6.31. The van der Waals surface area contributed by atoms with Gasteiger partial charge in [0.2, 0.25) is 0 Å². The van der Waals surface area contributed by atoms with Crippen molar-refractivity contribution in [1.29, 1.82) is 0 Å². The van der Waals surface area contributed by atoms with Gasteiger partial charge in [-0.05, 0) is 11.6 Å². The largest absolute Gasteiger partial charge is 0.330 e. The van der Waals surface area contributed by atoms with Crippen LogP contribution in [0.15, 0.2) is 42.5 Å². The number of amides is 2. The minimum atomic E-state index is -0.251. The van der Waals surface area contributed by atoms with Crippen molar-refractivity contribution in [3.63, 3.8) is 0 Å². The van der Waals surface area contributed by atoms with Crippen LogP contribution >= 0.6 is 0 Å². The molecule has 86 valence electrons. The van der Waals surface area contributed by atoms with Crippen molar-refractivity contribution in [2.75, 3.05) is 0 Å². The van der Waals surface area contributed by atoms with Gasteiger partial charge in [-0.3, -0.25) is 0 Å². The molecule has 1 heterocycles. The minimum Gasteiger partial charge on any atom is -0.330 e. The lowest BCUT2D eigenvalue weighted by molar-refractivity contribution is 0.247. The molecular formula is C13H11FN2O. The fourth-order valence-corrected chi connectivity index (χ4v) is 2.17. The molecule has 1 aromatic rings. The molecule has 3 rings (SSSR count). The third-order valence-corrected chi connectivity index (χ3v) is 3.01. The van der Waals surface area contributed by atoms with Crippen LogP contribution in [0.4, 0.5) is 9.18 Å². The van der Waals surface area contributed by atoms with Gasteiger partial charge in [-0.25, -0.2) is 9.18 Å². The van der Waals surface area contributed by atoms with Gasteiger partial charge in [-0.2, -0.15) is 0 Å². The number of halogens is 1. The second kappa shape index (κ2) is 3.73. The Bertz CT molecular complexity index is 536. The predicted molar refractivity (Wildman–Crippen MR) is 62.8 cm³/mol. The van der Waals surface area contributed by atoms with Crippen molar-refractivity contribution in [3.05, 3.63) is 53.9 Å². The highest BCUT2D eigenvalue weighted by Crippen LogP contribution is 2.25. The molecule has 1 fully saturated rings. The molecular weight excluding hydrogens is 219 g/mol. The molecule has 1 aliphatic carbocycles. The Hall–Kier alpha value is -2.10. The standard InChI is InChI=1S/C13H11FN2O/c14-10-4-2-1-3-9(10)8-5-6-11-12(7-8)16-13(17)15-11/h1-7,11-12H,(H2,15,16,17). The van der Waals surface area contributed by atoms with Crippen molar-refractivity contribution in [3.8, 4) is 0 Å². The van der Waals surface area contributed by atoms with Crippen LogP contribution in [0.3, 0.4) is 0 Å². The van der Waals surface area contributed by atoms with Crippen molar-refractivity contribution < 1.29 is 9.18 Å². The van der Waals surface area contributed by atoms with E-state index in [1.165, 1.54) is 6.07 Å². The van der Waals surface area contributed by atoms with Crippen molar-refractivity contribution >= 4 is 11.6 Å². The second-order valence-corrected chi connectivity index (χ2v) is 4.13. The number of urea groups is 1. The summed E-state index contributed by atoms with van der Waals surface area (Å²) in [5, 5.41) is 5.54. The maximum atomic E-state index is 13.6. The Morgan fingerprint density at radius 2 is 1.88 bits per heavy atom. The van der Waals surface area contributed by atoms with E-state index in [-0.39, 0.29) is 23.9 Å². The molecule has 0 radical (unpaired) electrons. The van der Waals surface area contributed by atoms with E-state index in [1.807, 2.05) is 18.2 Å². The van der Waals surface area contributed by atoms with Crippen LogP contribution in [0, 0.1) is 5.82 Å². The minimum absolute atomic E-state index is 0.0296. The maximum absolute atomic E-state index is 13.6. The van der Waals surface area contributed by atoms with Gasteiger partial charge >= 0.3 is 6.03 Å². The zero-order chi connectivity index (χ0) is 11.8. The first-order chi connectivity index (χ1) is 8.24. The molecule has 0 saturated carbocycles. The van der Waals surface area contributed by atoms with Gasteiger partial charge in [0.15, 0.2) is 0 Å². The summed E-state index contributed by atoms with van der Waals surface area (Å²) in [7, 11) is 0. The topological polar surface area (TPSA) is 41.1 Å². The summed E-state index contributed by atoms with van der Waals surface area (Å²) in [6.07, 6.45) is 5.60. The number of carbonyl (C=O) groups excluding carboxylic acids is 1. The summed E-state index contributed by atoms with van der Waals surface area (Å²) >= 11 is 0. The second-order valence-electron chi connectivity index (χ2n) is 4.13. The number of hydrogen-bond donors (Lipinski definition) is 2. The lowest BCUT2D eigenvalue weighted by atomic mass is 9.94. The fourth-order valence-electron chi connectivity index (χ4n) is 2.17. The van der Waals surface area contributed by atoms with Crippen LogP contribution < -0.4 is 10.6 Å². The first-order valence-corrected chi connectivity index (χ1v) is 5.46. The van der Waals surface area contributed by atoms with E-state index in [9.17, 15) is 9.18 Å². The van der Waals surface area contributed by atoms with Crippen LogP contribution in [0.2, 0.25) is 0 Å². The summed E-state index contributed by atoms with van der Waals surface area (Å²) < 4.78 is 13.6. The molecule has 4 heteroatoms. The zero-order valence-electron chi connectivity index (χ0n) is 8.98. The molecule has 1 saturated heterocycles. The number of rotatable bonds is 1. The van der Waals surface area contributed by atoms with Gasteiger partial charge in [0.25, 0.3) is 0 Å². The smallest absolute Gasteiger partial charge is 0.315 e. The van der Waals surface area contributed by atoms with Crippen molar-refractivity contribution in [2.24, 2.45) is 0 Å². The van der Waals surface area contributed by atoms with E-state index in [4.69, 9.17) is 0 Å². The van der Waals surface area contributed by atoms with Gasteiger partial charge in [-0.1, -0.05) is 36.4 Å². The molecule has 1 aromatic carbocycles. The van der Waals surface area contributed by atoms with Gasteiger partial charge in [0, 0.05) is 5.56 Å². The van der Waals surface area contributed by atoms with Crippen molar-refractivity contribution in [2.45, 2.75) is 12.1 Å². The molecule has 1 aliphatic heterocycles. The van der Waals surface area contributed by atoms with E-state index >= 15 is 0 Å². The number of benzene rings is 1. The summed E-state index contributed by atoms with van der Waals surface area (Å²) in [5.41, 5.74) is 1.36. The average molecular weight is 230 g/mol. The monoisotopic (exact) mass is 230 g/mol. The average Bonchev–Trinajstić information content (AvgIpc) is 2.68. The highest BCUT2D eigenvalue weighted by Gasteiger charge is 2.30. The normalized spacial score (nSPS) is 25.9. The lowest BCUT2D eigenvalue weighted by Crippen LogP contribution is -2.31. The lowest BCUT2D eigenvalue weighted by Gasteiger charge is -2.18. The van der Waals surface area contributed by atoms with Crippen LogP contribution in [-0.4, -0.2) is 18.1 Å². The van der Waals surface area contributed by atoms with Gasteiger partial charge in [0.05, 0.1) is 12.1 Å². The first-order valence-electron chi connectivity index (χ1n) is 5.46. The van der Waals surface area contributed by atoms with Gasteiger partial charge in [0.1, 0.15) is 5.82 Å². The third-order valence-electron chi connectivity index (χ3n) is 3.01. The fraction of sp³-hybridized carbons (Fsp3) is 0.154. The van der Waals surface area contributed by atoms with Crippen molar-refractivity contribution in [1.82, 2.24) is 10.6 Å². The van der Waals surface area contributed by atoms with E-state index in [0.29, 0.717) is 5.56 Å². The third kappa shape index (κ3) is 1.71. The Kier molecular flexibility index (Phi) is 2.21. The number of fused-ring (bicyclic) bond motifs is 1.